The molecule has 1 heterocycles. The van der Waals surface area contributed by atoms with Gasteiger partial charge in [0.15, 0.2) is 0 Å². The SMILES string of the molecule is Cc1ccc(S(=O)(=O)N2CCN(C(=O)CCN(C)C)CC2)cc1Cl. The van der Waals surface area contributed by atoms with Gasteiger partial charge in [-0.15, -0.1) is 0 Å². The second kappa shape index (κ2) is 7.82. The lowest BCUT2D eigenvalue weighted by molar-refractivity contribution is -0.132. The Kier molecular flexibility index (Phi) is 6.25. The molecule has 0 aliphatic carbocycles. The van der Waals surface area contributed by atoms with E-state index in [1.807, 2.05) is 25.9 Å². The zero-order valence-electron chi connectivity index (χ0n) is 14.3. The minimum absolute atomic E-state index is 0.0686. The largest absolute Gasteiger partial charge is 0.340 e. The first-order valence-corrected chi connectivity index (χ1v) is 9.72. The van der Waals surface area contributed by atoms with Crippen molar-refractivity contribution in [3.05, 3.63) is 28.8 Å². The van der Waals surface area contributed by atoms with Crippen LogP contribution in [0.15, 0.2) is 23.1 Å². The van der Waals surface area contributed by atoms with Gasteiger partial charge in [0, 0.05) is 44.2 Å². The molecule has 0 atom stereocenters. The summed E-state index contributed by atoms with van der Waals surface area (Å²) in [5.74, 6) is 0.0686. The lowest BCUT2D eigenvalue weighted by Crippen LogP contribution is -2.50. The first kappa shape index (κ1) is 19.2. The molecule has 0 saturated carbocycles. The number of aryl methyl sites for hydroxylation is 1. The van der Waals surface area contributed by atoms with Crippen molar-refractivity contribution >= 4 is 27.5 Å². The van der Waals surface area contributed by atoms with E-state index in [0.29, 0.717) is 44.2 Å². The molecule has 134 valence electrons. The zero-order chi connectivity index (χ0) is 17.9. The minimum Gasteiger partial charge on any atom is -0.340 e. The topological polar surface area (TPSA) is 60.9 Å². The molecular formula is C16H24ClN3O3S. The Balaban J connectivity index is 2.00. The van der Waals surface area contributed by atoms with Crippen LogP contribution in [0.2, 0.25) is 5.02 Å². The number of hydrogen-bond acceptors (Lipinski definition) is 4. The van der Waals surface area contributed by atoms with Gasteiger partial charge in [-0.25, -0.2) is 8.42 Å². The summed E-state index contributed by atoms with van der Waals surface area (Å²) in [6.07, 6.45) is 0.452. The highest BCUT2D eigenvalue weighted by Gasteiger charge is 2.30. The van der Waals surface area contributed by atoms with Gasteiger partial charge in [-0.1, -0.05) is 17.7 Å². The number of amides is 1. The molecule has 0 bridgehead atoms. The molecule has 8 heteroatoms. The Bertz CT molecular complexity index is 699. The molecule has 1 saturated heterocycles. The summed E-state index contributed by atoms with van der Waals surface area (Å²) >= 11 is 6.04. The molecule has 0 radical (unpaired) electrons. The molecular weight excluding hydrogens is 350 g/mol. The van der Waals surface area contributed by atoms with E-state index in [-0.39, 0.29) is 10.8 Å². The maximum absolute atomic E-state index is 12.7. The van der Waals surface area contributed by atoms with Crippen LogP contribution in [-0.2, 0) is 14.8 Å². The fourth-order valence-corrected chi connectivity index (χ4v) is 4.23. The fraction of sp³-hybridized carbons (Fsp3) is 0.562. The molecule has 1 aromatic carbocycles. The molecule has 0 N–H and O–H groups in total. The number of piperazine rings is 1. The van der Waals surface area contributed by atoms with Crippen molar-refractivity contribution in [2.45, 2.75) is 18.2 Å². The van der Waals surface area contributed by atoms with Gasteiger partial charge in [0.25, 0.3) is 0 Å². The Labute approximate surface area is 149 Å². The van der Waals surface area contributed by atoms with Gasteiger partial charge in [-0.05, 0) is 38.7 Å². The van der Waals surface area contributed by atoms with Gasteiger partial charge >= 0.3 is 0 Å². The van der Waals surface area contributed by atoms with E-state index >= 15 is 0 Å². The third kappa shape index (κ3) is 4.47. The van der Waals surface area contributed by atoms with Crippen LogP contribution in [0, 0.1) is 6.92 Å². The first-order valence-electron chi connectivity index (χ1n) is 7.90. The fourth-order valence-electron chi connectivity index (χ4n) is 2.54. The predicted molar refractivity (Wildman–Crippen MR) is 94.7 cm³/mol. The highest BCUT2D eigenvalue weighted by Crippen LogP contribution is 2.23. The van der Waals surface area contributed by atoms with Gasteiger partial charge in [-0.3, -0.25) is 4.79 Å². The van der Waals surface area contributed by atoms with Crippen molar-refractivity contribution in [2.75, 3.05) is 46.8 Å². The van der Waals surface area contributed by atoms with Crippen LogP contribution in [0.3, 0.4) is 0 Å². The second-order valence-electron chi connectivity index (χ2n) is 6.25. The van der Waals surface area contributed by atoms with Gasteiger partial charge in [0.1, 0.15) is 0 Å². The Morgan fingerprint density at radius 1 is 1.21 bits per heavy atom. The Morgan fingerprint density at radius 2 is 1.83 bits per heavy atom. The molecule has 1 amide bonds. The van der Waals surface area contributed by atoms with Crippen molar-refractivity contribution in [2.24, 2.45) is 0 Å². The van der Waals surface area contributed by atoms with E-state index in [2.05, 4.69) is 0 Å². The standard InChI is InChI=1S/C16H24ClN3O3S/c1-13-4-5-14(12-15(13)17)24(22,23)20-10-8-19(9-11-20)16(21)6-7-18(2)3/h4-5,12H,6-11H2,1-3H3. The van der Waals surface area contributed by atoms with E-state index < -0.39 is 10.0 Å². The van der Waals surface area contributed by atoms with Crippen molar-refractivity contribution in [1.29, 1.82) is 0 Å². The molecule has 1 aliphatic heterocycles. The number of rotatable bonds is 5. The summed E-state index contributed by atoms with van der Waals surface area (Å²) < 4.78 is 26.8. The van der Waals surface area contributed by atoms with Gasteiger partial charge in [-0.2, -0.15) is 4.31 Å². The van der Waals surface area contributed by atoms with Crippen molar-refractivity contribution in [1.82, 2.24) is 14.1 Å². The summed E-state index contributed by atoms with van der Waals surface area (Å²) in [7, 11) is 0.269. The van der Waals surface area contributed by atoms with Crippen LogP contribution in [0.5, 0.6) is 0 Å². The second-order valence-corrected chi connectivity index (χ2v) is 8.59. The summed E-state index contributed by atoms with van der Waals surface area (Å²) in [6, 6.07) is 4.77. The van der Waals surface area contributed by atoms with E-state index in [1.165, 1.54) is 10.4 Å². The number of nitrogens with zero attached hydrogens (tertiary/aromatic N) is 3. The summed E-state index contributed by atoms with van der Waals surface area (Å²) in [4.78, 5) is 16.0. The summed E-state index contributed by atoms with van der Waals surface area (Å²) in [5.41, 5.74) is 0.840. The van der Waals surface area contributed by atoms with E-state index in [0.717, 1.165) is 5.56 Å². The average molecular weight is 374 g/mol. The van der Waals surface area contributed by atoms with Crippen LogP contribution < -0.4 is 0 Å². The normalized spacial score (nSPS) is 16.6. The predicted octanol–water partition coefficient (Wildman–Crippen LogP) is 1.43. The maximum atomic E-state index is 12.7. The van der Waals surface area contributed by atoms with Crippen LogP contribution in [-0.4, -0.2) is 75.2 Å². The number of carbonyl (C=O) groups excluding carboxylic acids is 1. The first-order chi connectivity index (χ1) is 11.2. The van der Waals surface area contributed by atoms with Crippen molar-refractivity contribution < 1.29 is 13.2 Å². The van der Waals surface area contributed by atoms with Crippen LogP contribution in [0.4, 0.5) is 0 Å². The van der Waals surface area contributed by atoms with Crippen molar-refractivity contribution in [3.8, 4) is 0 Å². The van der Waals surface area contributed by atoms with Gasteiger partial charge in [0.05, 0.1) is 4.90 Å². The molecule has 6 nitrogen and oxygen atoms in total. The highest BCUT2D eigenvalue weighted by molar-refractivity contribution is 7.89. The molecule has 1 aromatic rings. The lowest BCUT2D eigenvalue weighted by Gasteiger charge is -2.34. The molecule has 0 spiro atoms. The van der Waals surface area contributed by atoms with Crippen LogP contribution in [0.1, 0.15) is 12.0 Å². The maximum Gasteiger partial charge on any atom is 0.243 e. The Morgan fingerprint density at radius 3 is 2.38 bits per heavy atom. The lowest BCUT2D eigenvalue weighted by atomic mass is 10.2. The summed E-state index contributed by atoms with van der Waals surface area (Å²) in [6.45, 7) is 3.98. The number of sulfonamides is 1. The smallest absolute Gasteiger partial charge is 0.243 e. The number of hydrogen-bond donors (Lipinski definition) is 0. The molecule has 2 rings (SSSR count). The molecule has 0 aromatic heterocycles. The van der Waals surface area contributed by atoms with Crippen LogP contribution in [0.25, 0.3) is 0 Å². The molecule has 0 unspecified atom stereocenters. The van der Waals surface area contributed by atoms with E-state index in [1.54, 1.807) is 17.0 Å². The number of halogens is 1. The average Bonchev–Trinajstić information content (AvgIpc) is 2.55. The third-order valence-electron chi connectivity index (χ3n) is 4.15. The van der Waals surface area contributed by atoms with Gasteiger partial charge in [0.2, 0.25) is 15.9 Å². The van der Waals surface area contributed by atoms with E-state index in [4.69, 9.17) is 11.6 Å². The monoisotopic (exact) mass is 373 g/mol. The quantitative estimate of drug-likeness (QED) is 0.783. The van der Waals surface area contributed by atoms with Crippen LogP contribution >= 0.6 is 11.6 Å². The summed E-state index contributed by atoms with van der Waals surface area (Å²) in [5, 5.41) is 0.438. The molecule has 1 fully saturated rings. The molecule has 1 aliphatic rings. The zero-order valence-corrected chi connectivity index (χ0v) is 15.9. The van der Waals surface area contributed by atoms with E-state index in [9.17, 15) is 13.2 Å². The minimum atomic E-state index is -3.57. The van der Waals surface area contributed by atoms with Gasteiger partial charge < -0.3 is 9.80 Å². The highest BCUT2D eigenvalue weighted by atomic mass is 35.5. The number of benzene rings is 1. The van der Waals surface area contributed by atoms with Crippen molar-refractivity contribution in [3.63, 3.8) is 0 Å². The number of carbonyl (C=O) groups is 1. The Hall–Kier alpha value is -1.15. The molecule has 24 heavy (non-hydrogen) atoms. The third-order valence-corrected chi connectivity index (χ3v) is 6.45.